The van der Waals surface area contributed by atoms with Gasteiger partial charge in [-0.3, -0.25) is 4.79 Å². The van der Waals surface area contributed by atoms with Gasteiger partial charge in [-0.1, -0.05) is 26.0 Å². The van der Waals surface area contributed by atoms with E-state index in [-0.39, 0.29) is 12.0 Å². The highest BCUT2D eigenvalue weighted by Gasteiger charge is 2.26. The molecule has 1 aromatic carbocycles. The van der Waals surface area contributed by atoms with Gasteiger partial charge in [-0.2, -0.15) is 0 Å². The molecule has 1 fully saturated rings. The molecule has 0 radical (unpaired) electrons. The van der Waals surface area contributed by atoms with Crippen LogP contribution < -0.4 is 4.90 Å². The number of piperazine rings is 1. The number of hydrogen-bond acceptors (Lipinski definition) is 3. The molecule has 1 amide bonds. The van der Waals surface area contributed by atoms with Gasteiger partial charge >= 0.3 is 0 Å². The first kappa shape index (κ1) is 17.8. The van der Waals surface area contributed by atoms with E-state index in [4.69, 9.17) is 4.74 Å². The van der Waals surface area contributed by atoms with Crippen molar-refractivity contribution in [2.24, 2.45) is 5.92 Å². The zero-order valence-corrected chi connectivity index (χ0v) is 15.1. The molecule has 0 bridgehead atoms. The van der Waals surface area contributed by atoms with Crippen LogP contribution in [-0.2, 0) is 9.53 Å². The van der Waals surface area contributed by atoms with Crippen molar-refractivity contribution in [3.63, 3.8) is 0 Å². The molecule has 4 nitrogen and oxygen atoms in total. The number of amides is 1. The minimum absolute atomic E-state index is 0.117. The smallest absolute Gasteiger partial charge is 0.251 e. The molecule has 4 heteroatoms. The predicted octanol–water partition coefficient (Wildman–Crippen LogP) is 3.01. The van der Waals surface area contributed by atoms with Crippen molar-refractivity contribution < 1.29 is 9.53 Å². The zero-order valence-electron chi connectivity index (χ0n) is 15.1. The number of benzene rings is 1. The fourth-order valence-electron chi connectivity index (χ4n) is 2.91. The molecule has 0 aromatic heterocycles. The number of carbonyl (C=O) groups is 1. The molecule has 1 atom stereocenters. The first-order valence-electron chi connectivity index (χ1n) is 8.61. The van der Waals surface area contributed by atoms with Crippen LogP contribution in [0.4, 0.5) is 5.69 Å². The summed E-state index contributed by atoms with van der Waals surface area (Å²) >= 11 is 0. The molecule has 23 heavy (non-hydrogen) atoms. The molecule has 0 N–H and O–H groups in total. The van der Waals surface area contributed by atoms with Gasteiger partial charge in [0.05, 0.1) is 0 Å². The second kappa shape index (κ2) is 7.82. The van der Waals surface area contributed by atoms with Gasteiger partial charge in [0.2, 0.25) is 0 Å². The first-order chi connectivity index (χ1) is 10.9. The third-order valence-electron chi connectivity index (χ3n) is 4.54. The summed E-state index contributed by atoms with van der Waals surface area (Å²) in [6.45, 7) is 14.3. The van der Waals surface area contributed by atoms with Crippen molar-refractivity contribution in [2.75, 3.05) is 37.7 Å². The third-order valence-corrected chi connectivity index (χ3v) is 4.54. The monoisotopic (exact) mass is 318 g/mol. The molecule has 0 saturated carbocycles. The Morgan fingerprint density at radius 1 is 1.13 bits per heavy atom. The van der Waals surface area contributed by atoms with Crippen LogP contribution in [-0.4, -0.2) is 49.7 Å². The standard InChI is InChI=1S/C19H30N2O2/c1-14(2)13-23-17(5)19(22)21-11-9-20(10-12-21)18-8-6-7-15(3)16(18)4/h6-8,14,17H,9-13H2,1-5H3. The van der Waals surface area contributed by atoms with Crippen molar-refractivity contribution >= 4 is 11.6 Å². The summed E-state index contributed by atoms with van der Waals surface area (Å²) in [6.07, 6.45) is -0.343. The summed E-state index contributed by atoms with van der Waals surface area (Å²) in [5, 5.41) is 0. The highest BCUT2D eigenvalue weighted by molar-refractivity contribution is 5.80. The minimum Gasteiger partial charge on any atom is -0.368 e. The largest absolute Gasteiger partial charge is 0.368 e. The summed E-state index contributed by atoms with van der Waals surface area (Å²) in [7, 11) is 0. The molecule has 1 heterocycles. The number of carbonyl (C=O) groups excluding carboxylic acids is 1. The molecule has 1 aliphatic rings. The normalized spacial score (nSPS) is 16.8. The average molecular weight is 318 g/mol. The Hall–Kier alpha value is -1.55. The van der Waals surface area contributed by atoms with Crippen LogP contribution in [0.1, 0.15) is 31.9 Å². The van der Waals surface area contributed by atoms with Gasteiger partial charge in [-0.15, -0.1) is 0 Å². The van der Waals surface area contributed by atoms with Crippen LogP contribution in [0.2, 0.25) is 0 Å². The molecule has 0 aliphatic carbocycles. The van der Waals surface area contributed by atoms with Crippen molar-refractivity contribution in [3.8, 4) is 0 Å². The maximum atomic E-state index is 12.5. The zero-order chi connectivity index (χ0) is 17.0. The van der Waals surface area contributed by atoms with E-state index >= 15 is 0 Å². The molecule has 0 spiro atoms. The lowest BCUT2D eigenvalue weighted by Gasteiger charge is -2.38. The van der Waals surface area contributed by atoms with Crippen molar-refractivity contribution in [1.29, 1.82) is 0 Å². The Labute approximate surface area is 140 Å². The maximum Gasteiger partial charge on any atom is 0.251 e. The Kier molecular flexibility index (Phi) is 6.05. The lowest BCUT2D eigenvalue weighted by Crippen LogP contribution is -2.51. The van der Waals surface area contributed by atoms with Crippen LogP contribution >= 0.6 is 0 Å². The quantitative estimate of drug-likeness (QED) is 0.836. The molecule has 1 aliphatic heterocycles. The summed E-state index contributed by atoms with van der Waals surface area (Å²) in [5.41, 5.74) is 3.94. The SMILES string of the molecule is Cc1cccc(N2CCN(C(=O)C(C)OCC(C)C)CC2)c1C. The van der Waals surface area contributed by atoms with Crippen LogP contribution in [0, 0.1) is 19.8 Å². The third kappa shape index (κ3) is 4.47. The Morgan fingerprint density at radius 2 is 1.78 bits per heavy atom. The summed E-state index contributed by atoms with van der Waals surface area (Å²) in [5.74, 6) is 0.567. The highest BCUT2D eigenvalue weighted by atomic mass is 16.5. The number of hydrogen-bond donors (Lipinski definition) is 0. The number of anilines is 1. The maximum absolute atomic E-state index is 12.5. The Balaban J connectivity index is 1.90. The second-order valence-electron chi connectivity index (χ2n) is 6.90. The van der Waals surface area contributed by atoms with Crippen LogP contribution in [0.3, 0.4) is 0 Å². The van der Waals surface area contributed by atoms with Crippen molar-refractivity contribution in [3.05, 3.63) is 29.3 Å². The lowest BCUT2D eigenvalue weighted by molar-refractivity contribution is -0.143. The summed E-state index contributed by atoms with van der Waals surface area (Å²) in [6, 6.07) is 6.43. The van der Waals surface area contributed by atoms with E-state index in [0.29, 0.717) is 12.5 Å². The number of nitrogens with zero attached hydrogens (tertiary/aromatic N) is 2. The Bertz CT molecular complexity index is 534. The van der Waals surface area contributed by atoms with Crippen LogP contribution in [0.5, 0.6) is 0 Å². The van der Waals surface area contributed by atoms with Crippen molar-refractivity contribution in [2.45, 2.75) is 40.7 Å². The van der Waals surface area contributed by atoms with Crippen LogP contribution in [0.25, 0.3) is 0 Å². The molecular weight excluding hydrogens is 288 g/mol. The van der Waals surface area contributed by atoms with Crippen molar-refractivity contribution in [1.82, 2.24) is 4.90 Å². The average Bonchev–Trinajstić information content (AvgIpc) is 2.54. The summed E-state index contributed by atoms with van der Waals surface area (Å²) < 4.78 is 5.66. The molecule has 2 rings (SSSR count). The molecule has 1 aromatic rings. The Morgan fingerprint density at radius 3 is 2.39 bits per heavy atom. The number of rotatable bonds is 5. The van der Waals surface area contributed by atoms with Gasteiger partial charge in [0, 0.05) is 38.5 Å². The van der Waals surface area contributed by atoms with Gasteiger partial charge in [0.25, 0.3) is 5.91 Å². The topological polar surface area (TPSA) is 32.8 Å². The van der Waals surface area contributed by atoms with Gasteiger partial charge < -0.3 is 14.5 Å². The second-order valence-corrected chi connectivity index (χ2v) is 6.90. The first-order valence-corrected chi connectivity index (χ1v) is 8.61. The van der Waals surface area contributed by atoms with Gasteiger partial charge in [0.1, 0.15) is 6.10 Å². The minimum atomic E-state index is -0.343. The fourth-order valence-corrected chi connectivity index (χ4v) is 2.91. The molecule has 1 unspecified atom stereocenters. The van der Waals surface area contributed by atoms with E-state index < -0.39 is 0 Å². The van der Waals surface area contributed by atoms with E-state index in [9.17, 15) is 4.79 Å². The molecule has 128 valence electrons. The number of ether oxygens (including phenoxy) is 1. The van der Waals surface area contributed by atoms with Gasteiger partial charge in [-0.05, 0) is 43.9 Å². The predicted molar refractivity (Wildman–Crippen MR) is 95.0 cm³/mol. The van der Waals surface area contributed by atoms with Crippen LogP contribution in [0.15, 0.2) is 18.2 Å². The highest BCUT2D eigenvalue weighted by Crippen LogP contribution is 2.24. The van der Waals surface area contributed by atoms with E-state index in [1.807, 2.05) is 11.8 Å². The van der Waals surface area contributed by atoms with E-state index in [2.05, 4.69) is 50.8 Å². The lowest BCUT2D eigenvalue weighted by atomic mass is 10.1. The molecule has 1 saturated heterocycles. The van der Waals surface area contributed by atoms with Gasteiger partial charge in [0.15, 0.2) is 0 Å². The van der Waals surface area contributed by atoms with E-state index in [1.165, 1.54) is 16.8 Å². The fraction of sp³-hybridized carbons (Fsp3) is 0.632. The number of aryl methyl sites for hydroxylation is 1. The van der Waals surface area contributed by atoms with E-state index in [1.54, 1.807) is 0 Å². The molecular formula is C19H30N2O2. The summed E-state index contributed by atoms with van der Waals surface area (Å²) in [4.78, 5) is 16.8. The van der Waals surface area contributed by atoms with Gasteiger partial charge in [-0.25, -0.2) is 0 Å². The van der Waals surface area contributed by atoms with E-state index in [0.717, 1.165) is 26.2 Å².